The fraction of sp³-hybridized carbons (Fsp3) is 0.667. The van der Waals surface area contributed by atoms with E-state index < -0.39 is 26.7 Å². The largest absolute Gasteiger partial charge is 0.379 e. The smallest absolute Gasteiger partial charge is 0.271 e. The van der Waals surface area contributed by atoms with Crippen LogP contribution in [-0.2, 0) is 25.4 Å². The van der Waals surface area contributed by atoms with Gasteiger partial charge >= 0.3 is 0 Å². The molecule has 2 unspecified atom stereocenters. The SMILES string of the molecule is O=C1C2=C(C3CS(=O)CCN13)S(=O)(=O)CCN2. The minimum Gasteiger partial charge on any atom is -0.379 e. The van der Waals surface area contributed by atoms with Crippen molar-refractivity contribution in [1.82, 2.24) is 10.2 Å². The number of nitrogens with zero attached hydrogens (tertiary/aromatic N) is 1. The third-order valence-corrected chi connectivity index (χ3v) is 6.52. The first kappa shape index (κ1) is 11.2. The van der Waals surface area contributed by atoms with Crippen LogP contribution in [0.3, 0.4) is 0 Å². The Morgan fingerprint density at radius 2 is 2.18 bits per heavy atom. The summed E-state index contributed by atoms with van der Waals surface area (Å²) in [6.45, 7) is 0.650. The second-order valence-corrected chi connectivity index (χ2v) is 8.01. The van der Waals surface area contributed by atoms with Crippen molar-refractivity contribution < 1.29 is 17.4 Å². The predicted octanol–water partition coefficient (Wildman–Crippen LogP) is -1.81. The summed E-state index contributed by atoms with van der Waals surface area (Å²) in [4.78, 5) is 13.7. The van der Waals surface area contributed by atoms with Gasteiger partial charge in [0.05, 0.1) is 16.7 Å². The lowest BCUT2D eigenvalue weighted by molar-refractivity contribution is -0.126. The second-order valence-electron chi connectivity index (χ2n) is 4.31. The van der Waals surface area contributed by atoms with Crippen LogP contribution in [0, 0.1) is 0 Å². The minimum absolute atomic E-state index is 0.0100. The molecule has 1 saturated heterocycles. The zero-order chi connectivity index (χ0) is 12.2. The molecule has 6 nitrogen and oxygen atoms in total. The number of rotatable bonds is 0. The summed E-state index contributed by atoms with van der Waals surface area (Å²) in [5.41, 5.74) is 0.208. The van der Waals surface area contributed by atoms with Crippen molar-refractivity contribution in [2.75, 3.05) is 30.3 Å². The molecular weight excluding hydrogens is 264 g/mol. The van der Waals surface area contributed by atoms with E-state index in [-0.39, 0.29) is 34.6 Å². The standard InChI is InChI=1S/C9H12N2O4S2/c12-9-7-8(17(14,15)4-1-10-7)6-5-16(13)3-2-11(6)9/h6,10H,1-5H2. The average Bonchev–Trinajstić information content (AvgIpc) is 2.53. The fourth-order valence-electron chi connectivity index (χ4n) is 2.53. The third kappa shape index (κ3) is 1.54. The van der Waals surface area contributed by atoms with Gasteiger partial charge in [0, 0.05) is 35.4 Å². The molecule has 0 aliphatic carbocycles. The molecule has 2 atom stereocenters. The molecule has 1 fully saturated rings. The number of hydrogen-bond acceptors (Lipinski definition) is 5. The van der Waals surface area contributed by atoms with Crippen LogP contribution in [0.15, 0.2) is 10.6 Å². The molecule has 0 aromatic rings. The number of carbonyl (C=O) groups is 1. The van der Waals surface area contributed by atoms with Gasteiger partial charge < -0.3 is 10.2 Å². The summed E-state index contributed by atoms with van der Waals surface area (Å²) in [7, 11) is -4.40. The first-order valence-electron chi connectivity index (χ1n) is 5.37. The summed E-state index contributed by atoms with van der Waals surface area (Å²) in [5, 5.41) is 2.87. The Balaban J connectivity index is 2.12. The first-order valence-corrected chi connectivity index (χ1v) is 8.51. The van der Waals surface area contributed by atoms with E-state index in [2.05, 4.69) is 5.32 Å². The lowest BCUT2D eigenvalue weighted by Crippen LogP contribution is -2.47. The Morgan fingerprint density at radius 3 is 2.94 bits per heavy atom. The second kappa shape index (κ2) is 3.55. The van der Waals surface area contributed by atoms with Crippen molar-refractivity contribution in [2.24, 2.45) is 0 Å². The maximum Gasteiger partial charge on any atom is 0.271 e. The van der Waals surface area contributed by atoms with Gasteiger partial charge in [0.25, 0.3) is 5.91 Å². The molecule has 0 aromatic heterocycles. The van der Waals surface area contributed by atoms with Crippen molar-refractivity contribution in [2.45, 2.75) is 6.04 Å². The summed E-state index contributed by atoms with van der Waals surface area (Å²) in [5.74, 6) is 0.426. The molecule has 3 aliphatic heterocycles. The Morgan fingerprint density at radius 1 is 1.41 bits per heavy atom. The number of nitrogens with one attached hydrogen (secondary N) is 1. The topological polar surface area (TPSA) is 83.6 Å². The van der Waals surface area contributed by atoms with E-state index in [1.54, 1.807) is 0 Å². The summed E-state index contributed by atoms with van der Waals surface area (Å²) < 4.78 is 35.5. The van der Waals surface area contributed by atoms with Crippen LogP contribution in [0.4, 0.5) is 0 Å². The summed E-state index contributed by atoms with van der Waals surface area (Å²) >= 11 is 0. The molecule has 0 spiro atoms. The minimum atomic E-state index is -3.37. The van der Waals surface area contributed by atoms with Crippen LogP contribution in [0.1, 0.15) is 0 Å². The number of carbonyl (C=O) groups excluding carboxylic acids is 1. The molecule has 0 bridgehead atoms. The van der Waals surface area contributed by atoms with Crippen molar-refractivity contribution in [3.8, 4) is 0 Å². The van der Waals surface area contributed by atoms with E-state index >= 15 is 0 Å². The molecule has 17 heavy (non-hydrogen) atoms. The Kier molecular flexibility index (Phi) is 2.34. The van der Waals surface area contributed by atoms with Crippen molar-refractivity contribution in [3.05, 3.63) is 10.6 Å². The first-order chi connectivity index (χ1) is 8.00. The summed E-state index contributed by atoms with van der Waals surface area (Å²) in [6, 6.07) is -0.509. The van der Waals surface area contributed by atoms with Crippen LogP contribution < -0.4 is 5.32 Å². The van der Waals surface area contributed by atoms with Crippen LogP contribution in [0.5, 0.6) is 0 Å². The number of amides is 1. The quantitative estimate of drug-likeness (QED) is 0.564. The highest BCUT2D eigenvalue weighted by molar-refractivity contribution is 7.95. The third-order valence-electron chi connectivity index (χ3n) is 3.31. The molecule has 94 valence electrons. The molecule has 3 heterocycles. The molecule has 0 aromatic carbocycles. The molecule has 3 aliphatic rings. The van der Waals surface area contributed by atoms with Gasteiger partial charge in [-0.25, -0.2) is 8.42 Å². The van der Waals surface area contributed by atoms with E-state index in [1.807, 2.05) is 0 Å². The number of fused-ring (bicyclic) bond motifs is 2. The van der Waals surface area contributed by atoms with Gasteiger partial charge in [-0.1, -0.05) is 0 Å². The van der Waals surface area contributed by atoms with Crippen LogP contribution >= 0.6 is 0 Å². The normalized spacial score (nSPS) is 35.3. The van der Waals surface area contributed by atoms with Crippen LogP contribution in [0.25, 0.3) is 0 Å². The zero-order valence-corrected chi connectivity index (χ0v) is 10.6. The fourth-order valence-corrected chi connectivity index (χ4v) is 5.58. The van der Waals surface area contributed by atoms with Gasteiger partial charge in [-0.05, 0) is 0 Å². The van der Waals surface area contributed by atoms with E-state index in [9.17, 15) is 17.4 Å². The Labute approximate surface area is 101 Å². The average molecular weight is 276 g/mol. The van der Waals surface area contributed by atoms with E-state index in [0.717, 1.165) is 0 Å². The highest BCUT2D eigenvalue weighted by Gasteiger charge is 2.48. The zero-order valence-electron chi connectivity index (χ0n) is 9.01. The van der Waals surface area contributed by atoms with Gasteiger partial charge in [0.2, 0.25) is 0 Å². The van der Waals surface area contributed by atoms with Crippen LogP contribution in [-0.4, -0.2) is 59.8 Å². The maximum atomic E-state index is 12.0. The van der Waals surface area contributed by atoms with Crippen LogP contribution in [0.2, 0.25) is 0 Å². The lowest BCUT2D eigenvalue weighted by atomic mass is 10.3. The molecule has 0 radical (unpaired) electrons. The molecule has 1 N–H and O–H groups in total. The van der Waals surface area contributed by atoms with E-state index in [0.29, 0.717) is 12.3 Å². The Bertz CT molecular complexity index is 551. The van der Waals surface area contributed by atoms with E-state index in [4.69, 9.17) is 0 Å². The van der Waals surface area contributed by atoms with Crippen molar-refractivity contribution in [3.63, 3.8) is 0 Å². The number of sulfone groups is 1. The van der Waals surface area contributed by atoms with Crippen molar-refractivity contribution in [1.29, 1.82) is 0 Å². The molecule has 3 rings (SSSR count). The number of hydrogen-bond donors (Lipinski definition) is 1. The highest BCUT2D eigenvalue weighted by atomic mass is 32.2. The summed E-state index contributed by atoms with van der Waals surface area (Å²) in [6.07, 6.45) is 0. The van der Waals surface area contributed by atoms with Gasteiger partial charge in [0.15, 0.2) is 9.84 Å². The molecule has 1 amide bonds. The molecule has 8 heteroatoms. The molecule has 0 saturated carbocycles. The van der Waals surface area contributed by atoms with Gasteiger partial charge in [-0.3, -0.25) is 9.00 Å². The highest BCUT2D eigenvalue weighted by Crippen LogP contribution is 2.33. The predicted molar refractivity (Wildman–Crippen MR) is 62.2 cm³/mol. The van der Waals surface area contributed by atoms with E-state index in [1.165, 1.54) is 4.90 Å². The Hall–Kier alpha value is -0.890. The van der Waals surface area contributed by atoms with Gasteiger partial charge in [0.1, 0.15) is 5.70 Å². The van der Waals surface area contributed by atoms with Crippen molar-refractivity contribution >= 4 is 26.5 Å². The monoisotopic (exact) mass is 276 g/mol. The maximum absolute atomic E-state index is 12.0. The van der Waals surface area contributed by atoms with Gasteiger partial charge in [-0.2, -0.15) is 0 Å². The molecular formula is C9H12N2O4S2. The van der Waals surface area contributed by atoms with Gasteiger partial charge in [-0.15, -0.1) is 0 Å². The lowest BCUT2D eigenvalue weighted by Gasteiger charge is -2.30.